The fourth-order valence-electron chi connectivity index (χ4n) is 2.14. The third-order valence-electron chi connectivity index (χ3n) is 3.22. The molecule has 6 nitrogen and oxygen atoms in total. The zero-order valence-corrected chi connectivity index (χ0v) is 11.4. The highest BCUT2D eigenvalue weighted by atomic mass is 32.2. The minimum Gasteiger partial charge on any atom is -0.212 e. The molecule has 0 atom stereocenters. The van der Waals surface area contributed by atoms with Crippen LogP contribution in [0.4, 0.5) is 13.2 Å². The van der Waals surface area contributed by atoms with Gasteiger partial charge in [0.25, 0.3) is 0 Å². The molecule has 0 unspecified atom stereocenters. The molecule has 0 bridgehead atoms. The van der Waals surface area contributed by atoms with Gasteiger partial charge in [-0.25, -0.2) is 12.7 Å². The van der Waals surface area contributed by atoms with E-state index in [9.17, 15) is 21.6 Å². The fraction of sp³-hybridized carbons (Fsp3) is 0.800. The van der Waals surface area contributed by atoms with Crippen LogP contribution in [0.15, 0.2) is 12.4 Å². The Morgan fingerprint density at radius 2 is 1.70 bits per heavy atom. The number of halogens is 3. The molecule has 1 fully saturated rings. The van der Waals surface area contributed by atoms with Crippen LogP contribution in [0.2, 0.25) is 0 Å². The van der Waals surface area contributed by atoms with Crippen LogP contribution in [0.3, 0.4) is 0 Å². The summed E-state index contributed by atoms with van der Waals surface area (Å²) in [5.41, 5.74) is 0. The molecular formula is C10H15F3N4O2S. The molecule has 0 radical (unpaired) electrons. The minimum absolute atomic E-state index is 0.000865. The van der Waals surface area contributed by atoms with Gasteiger partial charge in [-0.1, -0.05) is 0 Å². The second-order valence-electron chi connectivity index (χ2n) is 4.66. The molecule has 1 aliphatic heterocycles. The van der Waals surface area contributed by atoms with Crippen molar-refractivity contribution in [3.63, 3.8) is 0 Å². The lowest BCUT2D eigenvalue weighted by Crippen LogP contribution is -2.41. The van der Waals surface area contributed by atoms with Crippen molar-refractivity contribution in [2.24, 2.45) is 0 Å². The van der Waals surface area contributed by atoms with Crippen LogP contribution in [0.5, 0.6) is 0 Å². The molecule has 10 heteroatoms. The van der Waals surface area contributed by atoms with Crippen LogP contribution in [0.25, 0.3) is 0 Å². The third-order valence-corrected chi connectivity index (χ3v) is 5.10. The van der Waals surface area contributed by atoms with Gasteiger partial charge in [0.15, 0.2) is 0 Å². The Morgan fingerprint density at radius 1 is 1.15 bits per heavy atom. The predicted molar refractivity (Wildman–Crippen MR) is 64.3 cm³/mol. The van der Waals surface area contributed by atoms with Crippen molar-refractivity contribution in [3.8, 4) is 0 Å². The minimum atomic E-state index is -4.45. The van der Waals surface area contributed by atoms with E-state index in [1.165, 1.54) is 17.2 Å². The first-order valence-electron chi connectivity index (χ1n) is 6.18. The van der Waals surface area contributed by atoms with Gasteiger partial charge in [-0.2, -0.15) is 28.2 Å². The van der Waals surface area contributed by atoms with Crippen molar-refractivity contribution in [2.45, 2.75) is 31.5 Å². The molecule has 2 rings (SSSR count). The molecule has 20 heavy (non-hydrogen) atoms. The number of alkyl halides is 3. The number of aromatic nitrogens is 3. The molecule has 0 amide bonds. The third kappa shape index (κ3) is 3.92. The van der Waals surface area contributed by atoms with Crippen molar-refractivity contribution in [3.05, 3.63) is 12.4 Å². The Morgan fingerprint density at radius 3 is 2.20 bits per heavy atom. The quantitative estimate of drug-likeness (QED) is 0.838. The van der Waals surface area contributed by atoms with Crippen molar-refractivity contribution >= 4 is 10.0 Å². The molecule has 1 aliphatic rings. The Kier molecular flexibility index (Phi) is 4.33. The molecule has 114 valence electrons. The van der Waals surface area contributed by atoms with E-state index in [0.29, 0.717) is 12.8 Å². The molecule has 1 saturated heterocycles. The largest absolute Gasteiger partial charge is 0.390 e. The highest BCUT2D eigenvalue weighted by Crippen LogP contribution is 2.25. The summed E-state index contributed by atoms with van der Waals surface area (Å²) < 4.78 is 61.0. The molecule has 0 aromatic carbocycles. The summed E-state index contributed by atoms with van der Waals surface area (Å²) >= 11 is 0. The topological polar surface area (TPSA) is 68.1 Å². The predicted octanol–water partition coefficient (Wildman–Crippen LogP) is 1.20. The second kappa shape index (κ2) is 5.68. The maximum Gasteiger partial charge on any atom is 0.390 e. The van der Waals surface area contributed by atoms with E-state index < -0.39 is 28.4 Å². The van der Waals surface area contributed by atoms with Gasteiger partial charge in [0, 0.05) is 13.1 Å². The average Bonchev–Trinajstić information content (AvgIpc) is 2.90. The van der Waals surface area contributed by atoms with Gasteiger partial charge in [-0.15, -0.1) is 0 Å². The first-order chi connectivity index (χ1) is 9.28. The maximum absolute atomic E-state index is 12.1. The van der Waals surface area contributed by atoms with E-state index in [2.05, 4.69) is 10.2 Å². The van der Waals surface area contributed by atoms with Crippen LogP contribution in [-0.4, -0.2) is 52.7 Å². The SMILES string of the molecule is O=S(=O)(CCC(F)(F)F)N1CCC(n2nccn2)CC1. The lowest BCUT2D eigenvalue weighted by atomic mass is 10.1. The number of hydrogen-bond donors (Lipinski definition) is 0. The first kappa shape index (κ1) is 15.2. The van der Waals surface area contributed by atoms with Crippen molar-refractivity contribution in [1.82, 2.24) is 19.3 Å². The molecule has 1 aromatic rings. The van der Waals surface area contributed by atoms with E-state index in [4.69, 9.17) is 0 Å². The van der Waals surface area contributed by atoms with Gasteiger partial charge in [-0.05, 0) is 12.8 Å². The standard InChI is InChI=1S/C10H15F3N4O2S/c11-10(12,13)3-8-20(18,19)16-6-1-9(2-7-16)17-14-4-5-15-17/h4-5,9H,1-3,6-8H2. The van der Waals surface area contributed by atoms with E-state index in [0.717, 1.165) is 4.31 Å². The molecule has 0 N–H and O–H groups in total. The molecular weight excluding hydrogens is 297 g/mol. The van der Waals surface area contributed by atoms with Crippen molar-refractivity contribution in [1.29, 1.82) is 0 Å². The van der Waals surface area contributed by atoms with Crippen LogP contribution in [-0.2, 0) is 10.0 Å². The molecule has 2 heterocycles. The lowest BCUT2D eigenvalue weighted by molar-refractivity contribution is -0.130. The molecule has 0 spiro atoms. The lowest BCUT2D eigenvalue weighted by Gasteiger charge is -2.30. The Hall–Kier alpha value is -1.16. The number of hydrogen-bond acceptors (Lipinski definition) is 4. The zero-order valence-electron chi connectivity index (χ0n) is 10.6. The summed E-state index contributed by atoms with van der Waals surface area (Å²) in [6, 6.07) is -0.000865. The smallest absolute Gasteiger partial charge is 0.212 e. The first-order valence-corrected chi connectivity index (χ1v) is 7.79. The summed E-state index contributed by atoms with van der Waals surface area (Å²) in [6.07, 6.45) is -1.70. The van der Waals surface area contributed by atoms with Gasteiger partial charge in [-0.3, -0.25) is 0 Å². The molecule has 0 saturated carbocycles. The van der Waals surface area contributed by atoms with Crippen LogP contribution in [0.1, 0.15) is 25.3 Å². The monoisotopic (exact) mass is 312 g/mol. The van der Waals surface area contributed by atoms with Gasteiger partial charge >= 0.3 is 6.18 Å². The highest BCUT2D eigenvalue weighted by molar-refractivity contribution is 7.89. The van der Waals surface area contributed by atoms with Crippen LogP contribution < -0.4 is 0 Å². The Labute approximate surface area is 114 Å². The number of nitrogens with zero attached hydrogens (tertiary/aromatic N) is 4. The summed E-state index contributed by atoms with van der Waals surface area (Å²) in [6.45, 7) is 0.402. The van der Waals surface area contributed by atoms with Crippen LogP contribution >= 0.6 is 0 Å². The van der Waals surface area contributed by atoms with Crippen molar-refractivity contribution < 1.29 is 21.6 Å². The second-order valence-corrected chi connectivity index (χ2v) is 6.75. The number of piperidine rings is 1. The Balaban J connectivity index is 1.89. The molecule has 0 aliphatic carbocycles. The summed E-state index contributed by atoms with van der Waals surface area (Å²) in [5.74, 6) is -0.888. The van der Waals surface area contributed by atoms with Gasteiger partial charge in [0.1, 0.15) is 0 Å². The zero-order chi connectivity index (χ0) is 14.8. The number of rotatable bonds is 4. The molecule has 1 aromatic heterocycles. The van der Waals surface area contributed by atoms with E-state index in [1.807, 2.05) is 0 Å². The van der Waals surface area contributed by atoms with E-state index >= 15 is 0 Å². The van der Waals surface area contributed by atoms with Gasteiger partial charge in [0.05, 0.1) is 30.6 Å². The average molecular weight is 312 g/mol. The van der Waals surface area contributed by atoms with Gasteiger partial charge in [0.2, 0.25) is 10.0 Å². The normalized spacial score (nSPS) is 19.4. The summed E-state index contributed by atoms with van der Waals surface area (Å²) in [7, 11) is -3.85. The summed E-state index contributed by atoms with van der Waals surface area (Å²) in [4.78, 5) is 1.51. The van der Waals surface area contributed by atoms with E-state index in [1.54, 1.807) is 0 Å². The van der Waals surface area contributed by atoms with E-state index in [-0.39, 0.29) is 19.1 Å². The Bertz CT molecular complexity index is 521. The van der Waals surface area contributed by atoms with Crippen LogP contribution in [0, 0.1) is 0 Å². The summed E-state index contributed by atoms with van der Waals surface area (Å²) in [5, 5.41) is 7.97. The highest BCUT2D eigenvalue weighted by Gasteiger charge is 2.34. The van der Waals surface area contributed by atoms with Gasteiger partial charge < -0.3 is 0 Å². The maximum atomic E-state index is 12.1. The number of sulfonamides is 1. The fourth-order valence-corrected chi connectivity index (χ4v) is 3.65. The van der Waals surface area contributed by atoms with Crippen molar-refractivity contribution in [2.75, 3.05) is 18.8 Å².